The summed E-state index contributed by atoms with van der Waals surface area (Å²) in [5.74, 6) is 2.63. The maximum atomic E-state index is 5.74. The molecule has 0 aromatic heterocycles. The van der Waals surface area contributed by atoms with Crippen LogP contribution in [-0.4, -0.2) is 72.6 Å². The van der Waals surface area contributed by atoms with Gasteiger partial charge < -0.3 is 9.80 Å². The molecular weight excluding hydrogens is 302 g/mol. The van der Waals surface area contributed by atoms with E-state index in [1.807, 2.05) is 0 Å². The van der Waals surface area contributed by atoms with Gasteiger partial charge in [0.1, 0.15) is 0 Å². The van der Waals surface area contributed by atoms with E-state index in [4.69, 9.17) is 46.4 Å². The van der Waals surface area contributed by atoms with Gasteiger partial charge in [-0.05, 0) is 19.5 Å². The van der Waals surface area contributed by atoms with Crippen molar-refractivity contribution in [1.29, 1.82) is 0 Å². The van der Waals surface area contributed by atoms with E-state index in [1.54, 1.807) is 0 Å². The molecule has 0 aliphatic carbocycles. The quantitative estimate of drug-likeness (QED) is 0.509. The summed E-state index contributed by atoms with van der Waals surface area (Å²) in [6, 6.07) is 0. The summed E-state index contributed by atoms with van der Waals surface area (Å²) < 4.78 is 0. The average Bonchev–Trinajstić information content (AvgIpc) is 2.30. The topological polar surface area (TPSA) is 6.48 Å². The fraction of sp³-hybridized carbons (Fsp3) is 1.00. The highest BCUT2D eigenvalue weighted by Crippen LogP contribution is 1.99. The van der Waals surface area contributed by atoms with Gasteiger partial charge in [-0.15, -0.1) is 46.4 Å². The van der Waals surface area contributed by atoms with Gasteiger partial charge in [-0.3, -0.25) is 0 Å². The third kappa shape index (κ3) is 10.7. The summed E-state index contributed by atoms with van der Waals surface area (Å²) in [6.45, 7) is 5.66. The number of rotatable bonds is 12. The van der Waals surface area contributed by atoms with E-state index in [1.165, 1.54) is 0 Å². The van der Waals surface area contributed by atoms with Gasteiger partial charge in [0, 0.05) is 49.7 Å². The Balaban J connectivity index is 3.73. The Labute approximate surface area is 125 Å². The van der Waals surface area contributed by atoms with E-state index >= 15 is 0 Å². The third-order valence-corrected chi connectivity index (χ3v) is 3.23. The Bertz CT molecular complexity index is 132. The average molecular weight is 324 g/mol. The van der Waals surface area contributed by atoms with E-state index < -0.39 is 0 Å². The summed E-state index contributed by atoms with van der Waals surface area (Å²) in [4.78, 5) is 4.58. The molecule has 0 fully saturated rings. The maximum absolute atomic E-state index is 5.74. The molecule has 104 valence electrons. The van der Waals surface area contributed by atoms with Crippen molar-refractivity contribution in [1.82, 2.24) is 9.80 Å². The summed E-state index contributed by atoms with van der Waals surface area (Å²) >= 11 is 23.0. The van der Waals surface area contributed by atoms with E-state index in [0.29, 0.717) is 23.5 Å². The van der Waals surface area contributed by atoms with Crippen LogP contribution < -0.4 is 0 Å². The Hall–Kier alpha value is 1.08. The number of nitrogens with zero attached hydrogens (tertiary/aromatic N) is 2. The minimum Gasteiger partial charge on any atom is -0.301 e. The summed E-state index contributed by atoms with van der Waals surface area (Å²) in [6.07, 6.45) is 1.10. The minimum absolute atomic E-state index is 0.657. The lowest BCUT2D eigenvalue weighted by atomic mass is 10.3. The highest BCUT2D eigenvalue weighted by atomic mass is 35.5. The van der Waals surface area contributed by atoms with Gasteiger partial charge >= 0.3 is 0 Å². The van der Waals surface area contributed by atoms with E-state index in [-0.39, 0.29) is 0 Å². The SMILES string of the molecule is ClCCN(CCCl)CCCN(CCCl)CCCl. The van der Waals surface area contributed by atoms with Crippen LogP contribution in [0.1, 0.15) is 6.42 Å². The largest absolute Gasteiger partial charge is 0.301 e. The third-order valence-electron chi connectivity index (χ3n) is 2.55. The van der Waals surface area contributed by atoms with Gasteiger partial charge in [-0.1, -0.05) is 0 Å². The lowest BCUT2D eigenvalue weighted by molar-refractivity contribution is 0.253. The smallest absolute Gasteiger partial charge is 0.0351 e. The van der Waals surface area contributed by atoms with Crippen LogP contribution in [0.2, 0.25) is 0 Å². The molecule has 2 nitrogen and oxygen atoms in total. The first-order valence-electron chi connectivity index (χ1n) is 5.97. The predicted molar refractivity (Wildman–Crippen MR) is 80.4 cm³/mol. The van der Waals surface area contributed by atoms with Crippen LogP contribution in [0.25, 0.3) is 0 Å². The van der Waals surface area contributed by atoms with Crippen LogP contribution in [0.15, 0.2) is 0 Å². The molecule has 0 saturated carbocycles. The number of hydrogen-bond donors (Lipinski definition) is 0. The first kappa shape index (κ1) is 18.1. The van der Waals surface area contributed by atoms with Crippen molar-refractivity contribution < 1.29 is 0 Å². The van der Waals surface area contributed by atoms with Gasteiger partial charge in [0.25, 0.3) is 0 Å². The van der Waals surface area contributed by atoms with Crippen molar-refractivity contribution in [2.45, 2.75) is 6.42 Å². The Kier molecular flexibility index (Phi) is 14.4. The zero-order valence-electron chi connectivity index (χ0n) is 10.2. The van der Waals surface area contributed by atoms with Gasteiger partial charge in [0.15, 0.2) is 0 Å². The van der Waals surface area contributed by atoms with Gasteiger partial charge in [-0.25, -0.2) is 0 Å². The molecule has 0 saturated heterocycles. The molecule has 0 aliphatic rings. The molecule has 0 radical (unpaired) electrons. The van der Waals surface area contributed by atoms with Crippen LogP contribution in [-0.2, 0) is 0 Å². The molecule has 0 N–H and O–H groups in total. The van der Waals surface area contributed by atoms with Crippen LogP contribution in [0.5, 0.6) is 0 Å². The van der Waals surface area contributed by atoms with E-state index in [0.717, 1.165) is 45.7 Å². The molecule has 0 spiro atoms. The fourth-order valence-electron chi connectivity index (χ4n) is 1.67. The first-order chi connectivity index (χ1) is 8.28. The second-order valence-electron chi connectivity index (χ2n) is 3.79. The monoisotopic (exact) mass is 322 g/mol. The Morgan fingerprint density at radius 1 is 0.471 bits per heavy atom. The summed E-state index contributed by atoms with van der Waals surface area (Å²) in [7, 11) is 0. The van der Waals surface area contributed by atoms with Crippen molar-refractivity contribution in [2.24, 2.45) is 0 Å². The predicted octanol–water partition coefficient (Wildman–Crippen LogP) is 2.94. The zero-order chi connectivity index (χ0) is 12.9. The number of hydrogen-bond acceptors (Lipinski definition) is 2. The molecule has 17 heavy (non-hydrogen) atoms. The van der Waals surface area contributed by atoms with Gasteiger partial charge in [0.2, 0.25) is 0 Å². The minimum atomic E-state index is 0.657. The van der Waals surface area contributed by atoms with Crippen molar-refractivity contribution in [3.63, 3.8) is 0 Å². The normalized spacial score (nSPS) is 11.6. The van der Waals surface area contributed by atoms with Crippen molar-refractivity contribution in [3.05, 3.63) is 0 Å². The fourth-order valence-corrected chi connectivity index (χ4v) is 2.62. The molecule has 0 atom stereocenters. The second-order valence-corrected chi connectivity index (χ2v) is 5.30. The van der Waals surface area contributed by atoms with E-state index in [9.17, 15) is 0 Å². The highest BCUT2D eigenvalue weighted by molar-refractivity contribution is 6.18. The molecule has 0 rings (SSSR count). The Morgan fingerprint density at radius 2 is 0.765 bits per heavy atom. The van der Waals surface area contributed by atoms with Crippen molar-refractivity contribution >= 4 is 46.4 Å². The summed E-state index contributed by atoms with van der Waals surface area (Å²) in [5.41, 5.74) is 0. The lowest BCUT2D eigenvalue weighted by Gasteiger charge is -2.23. The van der Waals surface area contributed by atoms with Crippen molar-refractivity contribution in [3.8, 4) is 0 Å². The molecular formula is C11H22Cl4N2. The molecule has 0 aromatic rings. The van der Waals surface area contributed by atoms with Gasteiger partial charge in [0.05, 0.1) is 0 Å². The second kappa shape index (κ2) is 13.5. The van der Waals surface area contributed by atoms with Crippen LogP contribution in [0.4, 0.5) is 0 Å². The number of halogens is 4. The molecule has 0 aromatic carbocycles. The summed E-state index contributed by atoms with van der Waals surface area (Å²) in [5, 5.41) is 0. The molecule has 0 bridgehead atoms. The standard InChI is InChI=1S/C11H22Cl4N2/c12-2-8-16(9-3-13)6-1-7-17(10-4-14)11-5-15/h1-11H2. The van der Waals surface area contributed by atoms with E-state index in [2.05, 4.69) is 9.80 Å². The molecule has 0 heterocycles. The highest BCUT2D eigenvalue weighted by Gasteiger charge is 2.06. The molecule has 6 heteroatoms. The zero-order valence-corrected chi connectivity index (χ0v) is 13.2. The maximum Gasteiger partial charge on any atom is 0.0351 e. The lowest BCUT2D eigenvalue weighted by Crippen LogP contribution is -2.34. The Morgan fingerprint density at radius 3 is 1.00 bits per heavy atom. The van der Waals surface area contributed by atoms with Crippen LogP contribution >= 0.6 is 46.4 Å². The molecule has 0 unspecified atom stereocenters. The number of alkyl halides is 4. The molecule has 0 aliphatic heterocycles. The van der Waals surface area contributed by atoms with Crippen LogP contribution in [0, 0.1) is 0 Å². The molecule has 0 amide bonds. The van der Waals surface area contributed by atoms with Gasteiger partial charge in [-0.2, -0.15) is 0 Å². The van der Waals surface area contributed by atoms with Crippen molar-refractivity contribution in [2.75, 3.05) is 62.8 Å². The van der Waals surface area contributed by atoms with Crippen LogP contribution in [0.3, 0.4) is 0 Å². The first-order valence-corrected chi connectivity index (χ1v) is 8.10.